The molecular weight excluding hydrogens is 447 g/mol. The van der Waals surface area contributed by atoms with E-state index in [1.165, 1.54) is 25.6 Å². The van der Waals surface area contributed by atoms with Crippen LogP contribution in [0.25, 0.3) is 22.3 Å². The summed E-state index contributed by atoms with van der Waals surface area (Å²) in [6.45, 7) is 1.77. The zero-order chi connectivity index (χ0) is 22.9. The normalized spacial score (nSPS) is 12.6. The van der Waals surface area contributed by atoms with Crippen LogP contribution in [-0.4, -0.2) is 37.2 Å². The molecule has 3 heterocycles. The summed E-state index contributed by atoms with van der Waals surface area (Å²) in [6, 6.07) is 5.04. The van der Waals surface area contributed by atoms with E-state index < -0.39 is 17.8 Å². The first-order chi connectivity index (χ1) is 15.3. The fraction of sp³-hybridized carbons (Fsp3) is 0.200. The van der Waals surface area contributed by atoms with Crippen LogP contribution in [0.2, 0.25) is 5.02 Å². The third-order valence-electron chi connectivity index (χ3n) is 4.59. The lowest BCUT2D eigenvalue weighted by Crippen LogP contribution is -2.13. The van der Waals surface area contributed by atoms with Crippen molar-refractivity contribution in [3.63, 3.8) is 0 Å². The van der Waals surface area contributed by atoms with E-state index in [4.69, 9.17) is 16.3 Å². The highest BCUT2D eigenvalue weighted by Crippen LogP contribution is 2.38. The molecule has 0 bridgehead atoms. The van der Waals surface area contributed by atoms with Crippen LogP contribution in [0.1, 0.15) is 24.2 Å². The van der Waals surface area contributed by atoms with Crippen LogP contribution in [0, 0.1) is 0 Å². The molecule has 1 atom stereocenters. The summed E-state index contributed by atoms with van der Waals surface area (Å²) in [5, 5.41) is 11.2. The third-order valence-corrected chi connectivity index (χ3v) is 4.81. The molecule has 3 aromatic heterocycles. The van der Waals surface area contributed by atoms with Crippen molar-refractivity contribution in [3.8, 4) is 17.3 Å². The Morgan fingerprint density at radius 1 is 1.03 bits per heavy atom. The Morgan fingerprint density at radius 2 is 1.81 bits per heavy atom. The topological polar surface area (TPSA) is 98.6 Å². The number of rotatable bonds is 5. The van der Waals surface area contributed by atoms with Gasteiger partial charge in [-0.3, -0.25) is 9.97 Å². The van der Waals surface area contributed by atoms with Crippen molar-refractivity contribution in [3.05, 3.63) is 59.3 Å². The van der Waals surface area contributed by atoms with Crippen molar-refractivity contribution in [2.75, 3.05) is 12.4 Å². The van der Waals surface area contributed by atoms with Gasteiger partial charge in [0.1, 0.15) is 23.5 Å². The summed E-state index contributed by atoms with van der Waals surface area (Å²) in [5.74, 6) is 0.517. The fourth-order valence-corrected chi connectivity index (χ4v) is 3.37. The number of anilines is 1. The maximum Gasteiger partial charge on any atom is 0.418 e. The molecule has 164 valence electrons. The molecule has 8 nitrogen and oxygen atoms in total. The Kier molecular flexibility index (Phi) is 5.74. The zero-order valence-electron chi connectivity index (χ0n) is 16.7. The van der Waals surface area contributed by atoms with Gasteiger partial charge in [-0.15, -0.1) is 10.2 Å². The molecule has 0 amide bonds. The molecule has 1 unspecified atom stereocenters. The van der Waals surface area contributed by atoms with Gasteiger partial charge in [-0.2, -0.15) is 13.2 Å². The molecule has 32 heavy (non-hydrogen) atoms. The lowest BCUT2D eigenvalue weighted by atomic mass is 10.1. The first kappa shape index (κ1) is 21.6. The number of hydrogen-bond acceptors (Lipinski definition) is 8. The molecule has 0 aliphatic carbocycles. The summed E-state index contributed by atoms with van der Waals surface area (Å²) >= 11 is 5.95. The molecular formula is C20H15ClF3N7O. The van der Waals surface area contributed by atoms with Gasteiger partial charge in [0.05, 0.1) is 29.9 Å². The zero-order valence-corrected chi connectivity index (χ0v) is 17.5. The third kappa shape index (κ3) is 4.24. The molecule has 0 saturated carbocycles. The number of nitrogens with zero attached hydrogens (tertiary/aromatic N) is 6. The maximum absolute atomic E-state index is 13.5. The lowest BCUT2D eigenvalue weighted by molar-refractivity contribution is -0.136. The fourth-order valence-electron chi connectivity index (χ4n) is 3.16. The molecule has 4 aromatic rings. The van der Waals surface area contributed by atoms with Crippen molar-refractivity contribution in [2.45, 2.75) is 19.1 Å². The van der Waals surface area contributed by atoms with Gasteiger partial charge in [0, 0.05) is 28.9 Å². The number of halogens is 4. The van der Waals surface area contributed by atoms with Gasteiger partial charge in [-0.05, 0) is 25.1 Å². The Labute approximate surface area is 184 Å². The number of hydrogen-bond donors (Lipinski definition) is 1. The largest absolute Gasteiger partial charge is 0.480 e. The Balaban J connectivity index is 1.74. The van der Waals surface area contributed by atoms with Gasteiger partial charge < -0.3 is 10.1 Å². The predicted molar refractivity (Wildman–Crippen MR) is 111 cm³/mol. The standard InChI is InChI=1S/C20H15ClF3N7O/c1-10(16-18(26-6-5-25-16)14-3-4-15(32-2)31-30-14)29-19-12-7-11(21)8-13(20(22,23)24)17(12)27-9-28-19/h3-10H,1-2H3,(H,27,28,29). The molecule has 4 rings (SSSR count). The molecule has 0 fully saturated rings. The second-order valence-electron chi connectivity index (χ2n) is 6.69. The van der Waals surface area contributed by atoms with E-state index in [1.807, 2.05) is 0 Å². The van der Waals surface area contributed by atoms with Crippen LogP contribution >= 0.6 is 11.6 Å². The molecule has 0 radical (unpaired) electrons. The first-order valence-corrected chi connectivity index (χ1v) is 9.62. The Bertz CT molecular complexity index is 1270. The summed E-state index contributed by atoms with van der Waals surface area (Å²) < 4.78 is 45.4. The second-order valence-corrected chi connectivity index (χ2v) is 7.12. The summed E-state index contributed by atoms with van der Waals surface area (Å²) in [5.41, 5.74) is 0.211. The number of fused-ring (bicyclic) bond motifs is 1. The number of benzene rings is 1. The number of alkyl halides is 3. The van der Waals surface area contributed by atoms with Crippen LogP contribution in [0.5, 0.6) is 5.88 Å². The van der Waals surface area contributed by atoms with E-state index in [0.29, 0.717) is 23.0 Å². The van der Waals surface area contributed by atoms with Gasteiger partial charge in [-0.25, -0.2) is 9.97 Å². The van der Waals surface area contributed by atoms with E-state index in [1.54, 1.807) is 19.1 Å². The highest BCUT2D eigenvalue weighted by Gasteiger charge is 2.34. The van der Waals surface area contributed by atoms with Crippen molar-refractivity contribution in [1.82, 2.24) is 30.1 Å². The summed E-state index contributed by atoms with van der Waals surface area (Å²) in [6.07, 6.45) is -0.545. The van der Waals surface area contributed by atoms with E-state index in [9.17, 15) is 13.2 Å². The Hall–Kier alpha value is -3.60. The SMILES string of the molecule is COc1ccc(-c2nccnc2C(C)Nc2ncnc3c(C(F)(F)F)cc(Cl)cc23)nn1. The number of methoxy groups -OCH3 is 1. The quantitative estimate of drug-likeness (QED) is 0.455. The van der Waals surface area contributed by atoms with Gasteiger partial charge in [0.2, 0.25) is 5.88 Å². The molecule has 1 aromatic carbocycles. The Morgan fingerprint density at radius 3 is 2.50 bits per heavy atom. The molecule has 0 spiro atoms. The lowest BCUT2D eigenvalue weighted by Gasteiger charge is -2.18. The van der Waals surface area contributed by atoms with E-state index in [-0.39, 0.29) is 21.7 Å². The van der Waals surface area contributed by atoms with Crippen molar-refractivity contribution >= 4 is 28.3 Å². The minimum Gasteiger partial charge on any atom is -0.480 e. The average molecular weight is 462 g/mol. The monoisotopic (exact) mass is 461 g/mol. The van der Waals surface area contributed by atoms with Crippen LogP contribution < -0.4 is 10.1 Å². The van der Waals surface area contributed by atoms with Gasteiger partial charge in [0.15, 0.2) is 0 Å². The molecule has 1 N–H and O–H groups in total. The maximum atomic E-state index is 13.5. The molecule has 0 saturated heterocycles. The van der Waals surface area contributed by atoms with Crippen LogP contribution in [0.4, 0.5) is 19.0 Å². The van der Waals surface area contributed by atoms with Gasteiger partial charge in [-0.1, -0.05) is 11.6 Å². The van der Waals surface area contributed by atoms with Crippen LogP contribution in [-0.2, 0) is 6.18 Å². The average Bonchev–Trinajstić information content (AvgIpc) is 2.78. The summed E-state index contributed by atoms with van der Waals surface area (Å²) in [4.78, 5) is 16.7. The predicted octanol–water partition coefficient (Wildman–Crippen LogP) is 4.73. The van der Waals surface area contributed by atoms with Crippen molar-refractivity contribution in [1.29, 1.82) is 0 Å². The van der Waals surface area contributed by atoms with E-state index in [2.05, 4.69) is 35.5 Å². The van der Waals surface area contributed by atoms with Gasteiger partial charge in [0.25, 0.3) is 0 Å². The van der Waals surface area contributed by atoms with Gasteiger partial charge >= 0.3 is 6.18 Å². The van der Waals surface area contributed by atoms with E-state index in [0.717, 1.165) is 12.4 Å². The summed E-state index contributed by atoms with van der Waals surface area (Å²) in [7, 11) is 1.48. The van der Waals surface area contributed by atoms with Crippen molar-refractivity contribution < 1.29 is 17.9 Å². The van der Waals surface area contributed by atoms with Crippen LogP contribution in [0.3, 0.4) is 0 Å². The smallest absolute Gasteiger partial charge is 0.418 e. The molecule has 0 aliphatic heterocycles. The highest BCUT2D eigenvalue weighted by atomic mass is 35.5. The first-order valence-electron chi connectivity index (χ1n) is 9.25. The number of ether oxygens (including phenoxy) is 1. The van der Waals surface area contributed by atoms with Crippen molar-refractivity contribution in [2.24, 2.45) is 0 Å². The minimum atomic E-state index is -4.62. The van der Waals surface area contributed by atoms with E-state index >= 15 is 0 Å². The molecule has 0 aliphatic rings. The second kappa shape index (κ2) is 8.50. The molecule has 12 heteroatoms. The number of aromatic nitrogens is 6. The van der Waals surface area contributed by atoms with Crippen LogP contribution in [0.15, 0.2) is 43.0 Å². The number of nitrogens with one attached hydrogen (secondary N) is 1. The highest BCUT2D eigenvalue weighted by molar-refractivity contribution is 6.31. The minimum absolute atomic E-state index is 0.0796.